The number of carbonyl (C=O) groups excluding carboxylic acids is 1. The fraction of sp³-hybridized carbons (Fsp3) is 0.375. The lowest BCUT2D eigenvalue weighted by Gasteiger charge is -2.32. The number of H-pyrrole nitrogens is 1. The zero-order chi connectivity index (χ0) is 21.4. The van der Waals surface area contributed by atoms with Crippen LogP contribution < -0.4 is 14.2 Å². The van der Waals surface area contributed by atoms with Gasteiger partial charge in [-0.25, -0.2) is 0 Å². The van der Waals surface area contributed by atoms with Crippen molar-refractivity contribution in [1.29, 1.82) is 0 Å². The molecule has 7 heteroatoms. The Hall–Kier alpha value is -2.86. The maximum Gasteiger partial charge on any atom is 0.226 e. The third-order valence-corrected chi connectivity index (χ3v) is 6.50. The van der Waals surface area contributed by atoms with Crippen molar-refractivity contribution in [3.63, 3.8) is 0 Å². The molecule has 0 aliphatic carbocycles. The van der Waals surface area contributed by atoms with E-state index in [1.54, 1.807) is 13.2 Å². The number of piperidine rings is 1. The number of methoxy groups -OCH3 is 1. The molecule has 0 spiro atoms. The van der Waals surface area contributed by atoms with Crippen molar-refractivity contribution in [2.45, 2.75) is 25.2 Å². The van der Waals surface area contributed by atoms with Crippen LogP contribution in [0.2, 0.25) is 5.02 Å². The highest BCUT2D eigenvalue weighted by atomic mass is 35.5. The average Bonchev–Trinajstić information content (AvgIpc) is 3.22. The second kappa shape index (κ2) is 8.35. The summed E-state index contributed by atoms with van der Waals surface area (Å²) in [5.74, 6) is 2.59. The molecule has 1 amide bonds. The Bertz CT molecular complexity index is 1120. The Morgan fingerprint density at radius 2 is 2.00 bits per heavy atom. The molecule has 162 valence electrons. The van der Waals surface area contributed by atoms with Crippen LogP contribution in [0.4, 0.5) is 0 Å². The minimum atomic E-state index is 0.117. The van der Waals surface area contributed by atoms with Crippen molar-refractivity contribution < 1.29 is 19.0 Å². The van der Waals surface area contributed by atoms with E-state index in [0.29, 0.717) is 42.1 Å². The Morgan fingerprint density at radius 1 is 1.19 bits per heavy atom. The number of rotatable bonds is 4. The molecule has 2 aliphatic heterocycles. The summed E-state index contributed by atoms with van der Waals surface area (Å²) < 4.78 is 16.6. The quantitative estimate of drug-likeness (QED) is 0.646. The average molecular weight is 441 g/mol. The van der Waals surface area contributed by atoms with Gasteiger partial charge in [0.2, 0.25) is 5.91 Å². The van der Waals surface area contributed by atoms with Gasteiger partial charge in [-0.15, -0.1) is 0 Å². The summed E-state index contributed by atoms with van der Waals surface area (Å²) in [6.07, 6.45) is 4.30. The van der Waals surface area contributed by atoms with Gasteiger partial charge in [-0.1, -0.05) is 11.6 Å². The third-order valence-electron chi connectivity index (χ3n) is 6.22. The van der Waals surface area contributed by atoms with E-state index in [9.17, 15) is 4.79 Å². The van der Waals surface area contributed by atoms with E-state index in [1.807, 2.05) is 17.0 Å². The highest BCUT2D eigenvalue weighted by Gasteiger charge is 2.26. The van der Waals surface area contributed by atoms with Crippen LogP contribution in [0.15, 0.2) is 36.5 Å². The fourth-order valence-electron chi connectivity index (χ4n) is 4.58. The number of aromatic nitrogens is 1. The number of halogens is 1. The predicted molar refractivity (Wildman–Crippen MR) is 120 cm³/mol. The van der Waals surface area contributed by atoms with Crippen LogP contribution in [0.1, 0.15) is 29.9 Å². The van der Waals surface area contributed by atoms with Crippen LogP contribution in [0.25, 0.3) is 10.9 Å². The number of hydrogen-bond acceptors (Lipinski definition) is 4. The predicted octanol–water partition coefficient (Wildman–Crippen LogP) is 4.55. The standard InChI is InChI=1S/C24H25ClN2O4/c1-29-17-2-3-21-18(13-17)19(14-26-21)16-4-6-27(7-5-16)23(28)12-15-10-20(25)24-22(11-15)30-8-9-31-24/h2-3,10-11,13-14,16,26H,4-9,12H2,1H3. The summed E-state index contributed by atoms with van der Waals surface area (Å²) in [5.41, 5.74) is 3.27. The molecule has 31 heavy (non-hydrogen) atoms. The van der Waals surface area contributed by atoms with Crippen LogP contribution >= 0.6 is 11.6 Å². The van der Waals surface area contributed by atoms with Crippen LogP contribution in [-0.2, 0) is 11.2 Å². The molecule has 0 bridgehead atoms. The van der Waals surface area contributed by atoms with Crippen LogP contribution in [-0.4, -0.2) is 49.2 Å². The van der Waals surface area contributed by atoms with Crippen molar-refractivity contribution in [1.82, 2.24) is 9.88 Å². The van der Waals surface area contributed by atoms with Gasteiger partial charge in [0.1, 0.15) is 19.0 Å². The van der Waals surface area contributed by atoms with Gasteiger partial charge < -0.3 is 24.1 Å². The maximum absolute atomic E-state index is 12.9. The summed E-state index contributed by atoms with van der Waals surface area (Å²) >= 11 is 6.32. The number of likely N-dealkylation sites (tertiary alicyclic amines) is 1. The minimum Gasteiger partial charge on any atom is -0.497 e. The lowest BCUT2D eigenvalue weighted by molar-refractivity contribution is -0.131. The molecule has 3 aromatic rings. The van der Waals surface area contributed by atoms with E-state index in [4.69, 9.17) is 25.8 Å². The van der Waals surface area contributed by atoms with E-state index in [2.05, 4.69) is 23.3 Å². The molecule has 1 fully saturated rings. The molecule has 0 saturated carbocycles. The largest absolute Gasteiger partial charge is 0.497 e. The van der Waals surface area contributed by atoms with Crippen molar-refractivity contribution in [3.8, 4) is 17.2 Å². The van der Waals surface area contributed by atoms with Crippen molar-refractivity contribution in [2.75, 3.05) is 33.4 Å². The number of hydrogen-bond donors (Lipinski definition) is 1. The topological polar surface area (TPSA) is 63.8 Å². The van der Waals surface area contributed by atoms with Gasteiger partial charge >= 0.3 is 0 Å². The number of benzene rings is 2. The van der Waals surface area contributed by atoms with Crippen LogP contribution in [0.3, 0.4) is 0 Å². The lowest BCUT2D eigenvalue weighted by atomic mass is 9.89. The molecule has 2 aliphatic rings. The summed E-state index contributed by atoms with van der Waals surface area (Å²) in [7, 11) is 1.69. The summed E-state index contributed by atoms with van der Waals surface area (Å²) in [6, 6.07) is 9.77. The Morgan fingerprint density at radius 3 is 2.81 bits per heavy atom. The Kier molecular flexibility index (Phi) is 5.40. The number of nitrogens with one attached hydrogen (secondary N) is 1. The molecule has 1 N–H and O–H groups in total. The molecule has 1 saturated heterocycles. The number of fused-ring (bicyclic) bond motifs is 2. The molecule has 3 heterocycles. The molecule has 0 unspecified atom stereocenters. The number of aromatic amines is 1. The van der Waals surface area contributed by atoms with E-state index < -0.39 is 0 Å². The first kappa shape index (κ1) is 20.1. The van der Waals surface area contributed by atoms with Gasteiger partial charge in [-0.05, 0) is 60.2 Å². The normalized spacial score (nSPS) is 16.5. The smallest absolute Gasteiger partial charge is 0.226 e. The Labute approximate surface area is 186 Å². The highest BCUT2D eigenvalue weighted by Crippen LogP contribution is 2.39. The second-order valence-corrected chi connectivity index (χ2v) is 8.50. The molecule has 0 radical (unpaired) electrons. The fourth-order valence-corrected chi connectivity index (χ4v) is 4.87. The monoisotopic (exact) mass is 440 g/mol. The van der Waals surface area contributed by atoms with Gasteiger partial charge in [0.25, 0.3) is 0 Å². The number of nitrogens with zero attached hydrogens (tertiary/aromatic N) is 1. The summed E-state index contributed by atoms with van der Waals surface area (Å²) in [6.45, 7) is 2.48. The molecule has 5 rings (SSSR count). The molecule has 6 nitrogen and oxygen atoms in total. The number of carbonyl (C=O) groups is 1. The number of amides is 1. The SMILES string of the molecule is COc1ccc2[nH]cc(C3CCN(C(=O)Cc4cc(Cl)c5c(c4)OCCO5)CC3)c2c1. The van der Waals surface area contributed by atoms with Gasteiger partial charge in [0.05, 0.1) is 18.6 Å². The molecule has 2 aromatic carbocycles. The highest BCUT2D eigenvalue weighted by molar-refractivity contribution is 6.32. The third kappa shape index (κ3) is 3.92. The van der Waals surface area contributed by atoms with E-state index in [1.165, 1.54) is 10.9 Å². The van der Waals surface area contributed by atoms with Gasteiger partial charge in [-0.3, -0.25) is 4.79 Å². The van der Waals surface area contributed by atoms with E-state index >= 15 is 0 Å². The van der Waals surface area contributed by atoms with E-state index in [0.717, 1.165) is 42.8 Å². The number of ether oxygens (including phenoxy) is 3. The summed E-state index contributed by atoms with van der Waals surface area (Å²) in [4.78, 5) is 18.2. The zero-order valence-electron chi connectivity index (χ0n) is 17.4. The van der Waals surface area contributed by atoms with Crippen molar-refractivity contribution in [2.24, 2.45) is 0 Å². The first-order chi connectivity index (χ1) is 15.1. The summed E-state index contributed by atoms with van der Waals surface area (Å²) in [5, 5.41) is 1.70. The second-order valence-electron chi connectivity index (χ2n) is 8.09. The first-order valence-electron chi connectivity index (χ1n) is 10.6. The van der Waals surface area contributed by atoms with Gasteiger partial charge in [0.15, 0.2) is 11.5 Å². The van der Waals surface area contributed by atoms with Crippen LogP contribution in [0, 0.1) is 0 Å². The molecule has 0 atom stereocenters. The van der Waals surface area contributed by atoms with Crippen molar-refractivity contribution >= 4 is 28.4 Å². The minimum absolute atomic E-state index is 0.117. The van der Waals surface area contributed by atoms with Crippen LogP contribution in [0.5, 0.6) is 17.2 Å². The molecular weight excluding hydrogens is 416 g/mol. The van der Waals surface area contributed by atoms with Crippen molar-refractivity contribution in [3.05, 3.63) is 52.7 Å². The first-order valence-corrected chi connectivity index (χ1v) is 11.0. The van der Waals surface area contributed by atoms with Gasteiger partial charge in [0, 0.05) is 30.2 Å². The molecular formula is C24H25ClN2O4. The maximum atomic E-state index is 12.9. The lowest BCUT2D eigenvalue weighted by Crippen LogP contribution is -2.38. The van der Waals surface area contributed by atoms with E-state index in [-0.39, 0.29) is 5.91 Å². The zero-order valence-corrected chi connectivity index (χ0v) is 18.2. The molecule has 1 aromatic heterocycles. The Balaban J connectivity index is 1.25. The van der Waals surface area contributed by atoms with Gasteiger partial charge in [-0.2, -0.15) is 0 Å².